The molecule has 3 aliphatic heterocycles. The monoisotopic (exact) mass is 348 g/mol. The number of fused-ring (bicyclic) bond motifs is 3. The Kier molecular flexibility index (Phi) is 3.68. The van der Waals surface area contributed by atoms with Crippen LogP contribution in [0, 0.1) is 0 Å². The van der Waals surface area contributed by atoms with Crippen LogP contribution >= 0.6 is 11.6 Å². The summed E-state index contributed by atoms with van der Waals surface area (Å²) < 4.78 is 5.97. The van der Waals surface area contributed by atoms with E-state index < -0.39 is 0 Å². The summed E-state index contributed by atoms with van der Waals surface area (Å²) in [5.74, 6) is 2.51. The molecule has 0 aromatic heterocycles. The zero-order valence-electron chi connectivity index (χ0n) is 14.0. The number of hydrazine groups is 1. The van der Waals surface area contributed by atoms with Crippen molar-refractivity contribution in [1.82, 2.24) is 20.9 Å². The van der Waals surface area contributed by atoms with E-state index in [0.29, 0.717) is 5.02 Å². The fraction of sp³-hybridized carbons (Fsp3) is 0.500. The predicted octanol–water partition coefficient (Wildman–Crippen LogP) is 2.29. The van der Waals surface area contributed by atoms with Crippen LogP contribution in [0.5, 0.6) is 5.75 Å². The number of rotatable bonds is 3. The number of hydrogen-bond acceptors (Lipinski definition) is 7. The molecule has 3 aliphatic rings. The molecule has 0 amide bonds. The van der Waals surface area contributed by atoms with Crippen molar-refractivity contribution < 1.29 is 4.74 Å². The van der Waals surface area contributed by atoms with Crippen molar-refractivity contribution in [2.75, 3.05) is 0 Å². The number of benzene rings is 1. The molecule has 0 spiro atoms. The van der Waals surface area contributed by atoms with Crippen LogP contribution in [0.1, 0.15) is 39.2 Å². The Bertz CT molecular complexity index is 719. The molecule has 0 aliphatic carbocycles. The number of nitrogens with zero attached hydrogens (tertiary/aromatic N) is 4. The van der Waals surface area contributed by atoms with Gasteiger partial charge in [-0.1, -0.05) is 11.6 Å². The van der Waals surface area contributed by atoms with Crippen LogP contribution in [0.2, 0.25) is 5.02 Å². The molecule has 1 aromatic carbocycles. The van der Waals surface area contributed by atoms with Crippen molar-refractivity contribution in [3.63, 3.8) is 0 Å². The van der Waals surface area contributed by atoms with E-state index in [1.807, 2.05) is 39.0 Å². The highest BCUT2D eigenvalue weighted by molar-refractivity contribution is 6.31. The average molecular weight is 349 g/mol. The molecule has 8 heteroatoms. The zero-order chi connectivity index (χ0) is 16.8. The van der Waals surface area contributed by atoms with Crippen molar-refractivity contribution in [3.8, 4) is 5.75 Å². The first-order chi connectivity index (χ1) is 11.5. The molecular weight excluding hydrogens is 328 g/mol. The van der Waals surface area contributed by atoms with Gasteiger partial charge in [0.1, 0.15) is 23.9 Å². The Hall–Kier alpha value is -2.15. The highest BCUT2D eigenvalue weighted by atomic mass is 35.5. The van der Waals surface area contributed by atoms with Gasteiger partial charge in [-0.2, -0.15) is 10.2 Å². The van der Waals surface area contributed by atoms with Crippen molar-refractivity contribution in [2.24, 2.45) is 10.2 Å². The SMILES string of the molecule is CC1=NNC2CCC3NN=C(c4cc(Cl)ccc4OC(C)C)N3N12. The van der Waals surface area contributed by atoms with Gasteiger partial charge in [0.25, 0.3) is 0 Å². The first-order valence-electron chi connectivity index (χ1n) is 8.22. The fourth-order valence-electron chi connectivity index (χ4n) is 3.35. The zero-order valence-corrected chi connectivity index (χ0v) is 14.7. The molecule has 4 rings (SSSR count). The number of hydrogen-bond donors (Lipinski definition) is 2. The van der Waals surface area contributed by atoms with Gasteiger partial charge in [0.15, 0.2) is 5.84 Å². The van der Waals surface area contributed by atoms with Crippen LogP contribution in [0.25, 0.3) is 0 Å². The quantitative estimate of drug-likeness (QED) is 0.877. The van der Waals surface area contributed by atoms with Gasteiger partial charge >= 0.3 is 0 Å². The van der Waals surface area contributed by atoms with Gasteiger partial charge in [0.05, 0.1) is 11.7 Å². The molecule has 7 nitrogen and oxygen atoms in total. The van der Waals surface area contributed by atoms with Crippen LogP contribution < -0.4 is 15.6 Å². The summed E-state index contributed by atoms with van der Waals surface area (Å²) in [6.07, 6.45) is 2.34. The van der Waals surface area contributed by atoms with Gasteiger partial charge < -0.3 is 4.74 Å². The molecule has 0 saturated carbocycles. The summed E-state index contributed by atoms with van der Waals surface area (Å²) >= 11 is 6.25. The topological polar surface area (TPSA) is 64.5 Å². The molecule has 1 saturated heterocycles. The van der Waals surface area contributed by atoms with E-state index in [0.717, 1.165) is 35.8 Å². The molecule has 2 atom stereocenters. The van der Waals surface area contributed by atoms with E-state index in [-0.39, 0.29) is 18.4 Å². The first-order valence-corrected chi connectivity index (χ1v) is 8.60. The number of ether oxygens (including phenoxy) is 1. The maximum absolute atomic E-state index is 6.25. The van der Waals surface area contributed by atoms with Gasteiger partial charge in [-0.15, -0.1) is 0 Å². The van der Waals surface area contributed by atoms with Crippen LogP contribution in [0.4, 0.5) is 0 Å². The third-order valence-electron chi connectivity index (χ3n) is 4.32. The molecule has 0 bridgehead atoms. The third kappa shape index (κ3) is 2.43. The maximum Gasteiger partial charge on any atom is 0.180 e. The highest BCUT2D eigenvalue weighted by Crippen LogP contribution is 2.33. The van der Waals surface area contributed by atoms with Gasteiger partial charge in [-0.25, -0.2) is 10.0 Å². The number of amidine groups is 2. The summed E-state index contributed by atoms with van der Waals surface area (Å²) in [5, 5.41) is 13.9. The van der Waals surface area contributed by atoms with Crippen LogP contribution in [-0.2, 0) is 0 Å². The van der Waals surface area contributed by atoms with Gasteiger partial charge in [-0.05, 0) is 51.8 Å². The van der Waals surface area contributed by atoms with Gasteiger partial charge in [0.2, 0.25) is 0 Å². The molecule has 2 unspecified atom stereocenters. The highest BCUT2D eigenvalue weighted by Gasteiger charge is 2.44. The van der Waals surface area contributed by atoms with Crippen LogP contribution in [0.15, 0.2) is 28.4 Å². The molecule has 1 fully saturated rings. The fourth-order valence-corrected chi connectivity index (χ4v) is 3.53. The molecule has 3 heterocycles. The van der Waals surface area contributed by atoms with Crippen molar-refractivity contribution in [2.45, 2.75) is 52.0 Å². The second kappa shape index (κ2) is 5.73. The molecule has 24 heavy (non-hydrogen) atoms. The smallest absolute Gasteiger partial charge is 0.180 e. The van der Waals surface area contributed by atoms with Gasteiger partial charge in [-0.3, -0.25) is 10.9 Å². The second-order valence-electron chi connectivity index (χ2n) is 6.46. The van der Waals surface area contributed by atoms with E-state index in [4.69, 9.17) is 16.3 Å². The first kappa shape index (κ1) is 15.4. The summed E-state index contributed by atoms with van der Waals surface area (Å²) in [7, 11) is 0. The van der Waals surface area contributed by atoms with Crippen LogP contribution in [-0.4, -0.2) is 40.1 Å². The summed E-state index contributed by atoms with van der Waals surface area (Å²) in [6.45, 7) is 6.01. The molecule has 0 radical (unpaired) electrons. The minimum Gasteiger partial charge on any atom is -0.490 e. The minimum atomic E-state index is 0.0709. The summed E-state index contributed by atoms with van der Waals surface area (Å²) in [5.41, 5.74) is 7.30. The lowest BCUT2D eigenvalue weighted by atomic mass is 10.1. The van der Waals surface area contributed by atoms with E-state index in [1.165, 1.54) is 0 Å². The van der Waals surface area contributed by atoms with Gasteiger partial charge in [0, 0.05) is 5.02 Å². The number of nitrogens with one attached hydrogen (secondary N) is 2. The maximum atomic E-state index is 6.25. The Morgan fingerprint density at radius 1 is 1.17 bits per heavy atom. The third-order valence-corrected chi connectivity index (χ3v) is 4.56. The Balaban J connectivity index is 1.74. The lowest BCUT2D eigenvalue weighted by molar-refractivity contribution is -0.00438. The lowest BCUT2D eigenvalue weighted by Crippen LogP contribution is -2.61. The number of halogens is 1. The van der Waals surface area contributed by atoms with E-state index in [2.05, 4.69) is 31.1 Å². The summed E-state index contributed by atoms with van der Waals surface area (Å²) in [6, 6.07) is 5.65. The molecule has 128 valence electrons. The van der Waals surface area contributed by atoms with E-state index >= 15 is 0 Å². The normalized spacial score (nSPS) is 24.9. The van der Waals surface area contributed by atoms with Crippen LogP contribution in [0.3, 0.4) is 0 Å². The lowest BCUT2D eigenvalue weighted by Gasteiger charge is -2.43. The Morgan fingerprint density at radius 3 is 2.62 bits per heavy atom. The minimum absolute atomic E-state index is 0.0709. The number of hydrazone groups is 2. The van der Waals surface area contributed by atoms with Crippen molar-refractivity contribution in [1.29, 1.82) is 0 Å². The average Bonchev–Trinajstić information content (AvgIpc) is 3.12. The second-order valence-corrected chi connectivity index (χ2v) is 6.89. The van der Waals surface area contributed by atoms with Crippen molar-refractivity contribution in [3.05, 3.63) is 28.8 Å². The van der Waals surface area contributed by atoms with Crippen molar-refractivity contribution >= 4 is 23.3 Å². The Labute approximate surface area is 146 Å². The standard InChI is InChI=1S/C16H21ClN6O/c1-9(2)24-13-5-4-11(17)8-12(13)16-21-20-15-7-6-14-19-18-10(3)22(14)23(15)16/h4-5,8-9,14-15,19-20H,6-7H2,1-3H3. The van der Waals surface area contributed by atoms with E-state index in [9.17, 15) is 0 Å². The molecule has 2 N–H and O–H groups in total. The predicted molar refractivity (Wildman–Crippen MR) is 93.6 cm³/mol. The summed E-state index contributed by atoms with van der Waals surface area (Å²) in [4.78, 5) is 0. The molecule has 1 aromatic rings. The van der Waals surface area contributed by atoms with E-state index in [1.54, 1.807) is 0 Å². The largest absolute Gasteiger partial charge is 0.490 e. The Morgan fingerprint density at radius 2 is 1.88 bits per heavy atom. The molecular formula is C16H21ClN6O.